The van der Waals surface area contributed by atoms with Gasteiger partial charge in [0.25, 0.3) is 0 Å². The van der Waals surface area contributed by atoms with E-state index in [0.29, 0.717) is 13.0 Å². The molecule has 0 aliphatic carbocycles. The average molecular weight is 249 g/mol. The first-order chi connectivity index (χ1) is 8.67. The van der Waals surface area contributed by atoms with E-state index in [0.717, 1.165) is 29.8 Å². The highest BCUT2D eigenvalue weighted by molar-refractivity contribution is 5.89. The van der Waals surface area contributed by atoms with Crippen molar-refractivity contribution in [3.05, 3.63) is 35.6 Å². The quantitative estimate of drug-likeness (QED) is 0.702. The minimum Gasteiger partial charge on any atom is -0.466 e. The van der Waals surface area contributed by atoms with E-state index >= 15 is 0 Å². The van der Waals surface area contributed by atoms with Crippen LogP contribution in [-0.4, -0.2) is 37.4 Å². The summed E-state index contributed by atoms with van der Waals surface area (Å²) >= 11 is 0. The lowest BCUT2D eigenvalue weighted by Gasteiger charge is -2.36. The highest BCUT2D eigenvalue weighted by Gasteiger charge is 2.30. The van der Waals surface area contributed by atoms with Crippen molar-refractivity contribution in [3.8, 4) is 0 Å². The second-order valence-electron chi connectivity index (χ2n) is 4.50. The van der Waals surface area contributed by atoms with Crippen molar-refractivity contribution in [3.63, 3.8) is 0 Å². The molecule has 0 aromatic carbocycles. The summed E-state index contributed by atoms with van der Waals surface area (Å²) in [6.45, 7) is 7.06. The Balaban J connectivity index is 2.25. The van der Waals surface area contributed by atoms with Gasteiger partial charge in [-0.15, -0.1) is 0 Å². The van der Waals surface area contributed by atoms with Gasteiger partial charge in [-0.2, -0.15) is 0 Å². The van der Waals surface area contributed by atoms with Crippen LogP contribution >= 0.6 is 0 Å². The molecular formula is C14H19NO3. The summed E-state index contributed by atoms with van der Waals surface area (Å²) in [5.74, 6) is -0.233. The van der Waals surface area contributed by atoms with Gasteiger partial charge in [0.2, 0.25) is 0 Å². The Hall–Kier alpha value is -1.55. The summed E-state index contributed by atoms with van der Waals surface area (Å²) in [6, 6.07) is 0. The Morgan fingerprint density at radius 3 is 3.11 bits per heavy atom. The number of carbonyl (C=O) groups is 1. The molecule has 2 aliphatic heterocycles. The van der Waals surface area contributed by atoms with Gasteiger partial charge in [-0.3, -0.25) is 0 Å². The van der Waals surface area contributed by atoms with Crippen LogP contribution in [0.25, 0.3) is 0 Å². The van der Waals surface area contributed by atoms with Crippen LogP contribution < -0.4 is 0 Å². The third-order valence-electron chi connectivity index (χ3n) is 3.54. The molecule has 0 saturated carbocycles. The summed E-state index contributed by atoms with van der Waals surface area (Å²) in [7, 11) is 1.42. The maximum atomic E-state index is 11.7. The molecule has 0 N–H and O–H groups in total. The number of ether oxygens (including phenoxy) is 2. The van der Waals surface area contributed by atoms with Gasteiger partial charge < -0.3 is 14.4 Å². The first-order valence-electron chi connectivity index (χ1n) is 6.15. The molecular weight excluding hydrogens is 230 g/mol. The SMILES string of the molecule is C=CC1=CCN2C(C)=C(C(=O)OC)CCC2OC1. The topological polar surface area (TPSA) is 38.8 Å². The summed E-state index contributed by atoms with van der Waals surface area (Å²) in [5.41, 5.74) is 2.81. The fourth-order valence-electron chi connectivity index (χ4n) is 2.40. The minimum absolute atomic E-state index is 0.0482. The maximum absolute atomic E-state index is 11.7. The largest absolute Gasteiger partial charge is 0.466 e. The van der Waals surface area contributed by atoms with Crippen LogP contribution in [0.2, 0.25) is 0 Å². The molecule has 0 fully saturated rings. The Bertz CT molecular complexity index is 423. The van der Waals surface area contributed by atoms with Gasteiger partial charge in [-0.1, -0.05) is 18.7 Å². The van der Waals surface area contributed by atoms with Crippen molar-refractivity contribution in [1.82, 2.24) is 4.90 Å². The maximum Gasteiger partial charge on any atom is 0.335 e. The summed E-state index contributed by atoms with van der Waals surface area (Å²) in [5, 5.41) is 0. The van der Waals surface area contributed by atoms with Gasteiger partial charge in [-0.05, 0) is 25.3 Å². The van der Waals surface area contributed by atoms with Gasteiger partial charge >= 0.3 is 5.97 Å². The van der Waals surface area contributed by atoms with Gasteiger partial charge in [0.05, 0.1) is 19.3 Å². The molecule has 2 rings (SSSR count). The zero-order valence-corrected chi connectivity index (χ0v) is 10.9. The van der Waals surface area contributed by atoms with Crippen molar-refractivity contribution in [2.45, 2.75) is 26.0 Å². The van der Waals surface area contributed by atoms with E-state index in [-0.39, 0.29) is 12.2 Å². The molecule has 1 atom stereocenters. The normalized spacial score (nSPS) is 24.0. The molecule has 4 heteroatoms. The Labute approximate surface area is 108 Å². The van der Waals surface area contributed by atoms with Gasteiger partial charge in [0, 0.05) is 12.2 Å². The molecule has 0 aromatic rings. The second-order valence-corrected chi connectivity index (χ2v) is 4.50. The van der Waals surface area contributed by atoms with Crippen LogP contribution in [0, 0.1) is 0 Å². The number of nitrogens with zero attached hydrogens (tertiary/aromatic N) is 1. The molecule has 0 aromatic heterocycles. The summed E-state index contributed by atoms with van der Waals surface area (Å²) in [6.07, 6.45) is 5.49. The van der Waals surface area contributed by atoms with Crippen molar-refractivity contribution in [2.24, 2.45) is 0 Å². The van der Waals surface area contributed by atoms with Crippen molar-refractivity contribution >= 4 is 5.97 Å². The lowest BCUT2D eigenvalue weighted by molar-refractivity contribution is -0.137. The van der Waals surface area contributed by atoms with Crippen LogP contribution in [0.3, 0.4) is 0 Å². The Morgan fingerprint density at radius 1 is 1.67 bits per heavy atom. The summed E-state index contributed by atoms with van der Waals surface area (Å²) in [4.78, 5) is 13.8. The van der Waals surface area contributed by atoms with Crippen LogP contribution in [0.5, 0.6) is 0 Å². The number of carbonyl (C=O) groups excluding carboxylic acids is 1. The number of esters is 1. The molecule has 0 spiro atoms. The molecule has 18 heavy (non-hydrogen) atoms. The first-order valence-corrected chi connectivity index (χ1v) is 6.15. The molecule has 0 radical (unpaired) electrons. The van der Waals surface area contributed by atoms with E-state index in [1.54, 1.807) is 0 Å². The number of allylic oxidation sites excluding steroid dienone is 1. The standard InChI is InChI=1S/C14H19NO3/c1-4-11-7-8-15-10(2)12(14(16)17-3)5-6-13(15)18-9-11/h4,7,13H,1,5-6,8-9H2,2-3H3. The number of hydrogen-bond acceptors (Lipinski definition) is 4. The Morgan fingerprint density at radius 2 is 2.44 bits per heavy atom. The van der Waals surface area contributed by atoms with Crippen molar-refractivity contribution in [1.29, 1.82) is 0 Å². The predicted octanol–water partition coefficient (Wildman–Crippen LogP) is 2.00. The first kappa shape index (κ1) is 12.9. The predicted molar refractivity (Wildman–Crippen MR) is 68.7 cm³/mol. The Kier molecular flexibility index (Phi) is 3.87. The fourth-order valence-corrected chi connectivity index (χ4v) is 2.40. The van der Waals surface area contributed by atoms with Crippen LogP contribution in [0.1, 0.15) is 19.8 Å². The number of rotatable bonds is 2. The highest BCUT2D eigenvalue weighted by Crippen LogP contribution is 2.29. The van der Waals surface area contributed by atoms with Crippen LogP contribution in [-0.2, 0) is 14.3 Å². The van der Waals surface area contributed by atoms with Gasteiger partial charge in [0.1, 0.15) is 6.23 Å². The highest BCUT2D eigenvalue weighted by atomic mass is 16.5. The fraction of sp³-hybridized carbons (Fsp3) is 0.500. The van der Waals surface area contributed by atoms with Crippen LogP contribution in [0.4, 0.5) is 0 Å². The zero-order chi connectivity index (χ0) is 13.1. The molecule has 98 valence electrons. The van der Waals surface area contributed by atoms with E-state index in [1.807, 2.05) is 13.0 Å². The molecule has 1 unspecified atom stereocenters. The van der Waals surface area contributed by atoms with Gasteiger partial charge in [0.15, 0.2) is 0 Å². The van der Waals surface area contributed by atoms with E-state index < -0.39 is 0 Å². The monoisotopic (exact) mass is 249 g/mol. The third-order valence-corrected chi connectivity index (χ3v) is 3.54. The molecule has 0 bridgehead atoms. The zero-order valence-electron chi connectivity index (χ0n) is 10.9. The third kappa shape index (κ3) is 2.34. The van der Waals surface area contributed by atoms with E-state index in [4.69, 9.17) is 9.47 Å². The smallest absolute Gasteiger partial charge is 0.335 e. The lowest BCUT2D eigenvalue weighted by atomic mass is 10.0. The van der Waals surface area contributed by atoms with E-state index in [9.17, 15) is 4.79 Å². The molecule has 2 aliphatic rings. The van der Waals surface area contributed by atoms with Gasteiger partial charge in [-0.25, -0.2) is 4.79 Å². The second kappa shape index (κ2) is 5.40. The van der Waals surface area contributed by atoms with Crippen LogP contribution in [0.15, 0.2) is 35.6 Å². The van der Waals surface area contributed by atoms with Crippen molar-refractivity contribution < 1.29 is 14.3 Å². The average Bonchev–Trinajstić information content (AvgIpc) is 2.61. The van der Waals surface area contributed by atoms with E-state index in [1.165, 1.54) is 7.11 Å². The number of hydrogen-bond donors (Lipinski definition) is 0. The van der Waals surface area contributed by atoms with E-state index in [2.05, 4.69) is 17.6 Å². The van der Waals surface area contributed by atoms with Crippen molar-refractivity contribution in [2.75, 3.05) is 20.3 Å². The molecule has 2 heterocycles. The lowest BCUT2D eigenvalue weighted by Crippen LogP contribution is -2.39. The number of fused-ring (bicyclic) bond motifs is 1. The molecule has 0 saturated heterocycles. The number of methoxy groups -OCH3 is 1. The minimum atomic E-state index is -0.233. The molecule has 4 nitrogen and oxygen atoms in total. The summed E-state index contributed by atoms with van der Waals surface area (Å²) < 4.78 is 10.7. The molecule has 0 amide bonds.